The molecule has 0 fully saturated rings. The van der Waals surface area contributed by atoms with Gasteiger partial charge in [0.1, 0.15) is 0 Å². The maximum absolute atomic E-state index is 5.25. The fourth-order valence-corrected chi connectivity index (χ4v) is 0.787. The average Bonchev–Trinajstić information content (AvgIpc) is 2.13. The largest absolute Gasteiger partial charge is 0.329 e. The molecule has 4 heteroatoms. The van der Waals surface area contributed by atoms with Crippen LogP contribution >= 0.6 is 0 Å². The molecule has 0 atom stereocenters. The Hall–Kier alpha value is -0.160. The van der Waals surface area contributed by atoms with Gasteiger partial charge in [-0.2, -0.15) is 0 Å². The zero-order chi connectivity index (χ0) is 11.2. The summed E-state index contributed by atoms with van der Waals surface area (Å²) in [5.74, 6) is 0. The molecule has 0 saturated carbocycles. The minimum atomic E-state index is 0.754. The van der Waals surface area contributed by atoms with E-state index in [-0.39, 0.29) is 0 Å². The van der Waals surface area contributed by atoms with Crippen LogP contribution in [0.1, 0.15) is 19.8 Å². The van der Waals surface area contributed by atoms with Gasteiger partial charge in [-0.15, -0.1) is 0 Å². The Morgan fingerprint density at radius 1 is 1.07 bits per heavy atom. The minimum absolute atomic E-state index is 0.754. The second kappa shape index (κ2) is 15.3. The number of likely N-dealkylation sites (N-methyl/N-ethyl adjacent to an activating group) is 1. The van der Waals surface area contributed by atoms with Crippen molar-refractivity contribution in [3.63, 3.8) is 0 Å². The van der Waals surface area contributed by atoms with Crippen LogP contribution in [0.4, 0.5) is 0 Å². The van der Waals surface area contributed by atoms with Crippen LogP contribution in [-0.2, 0) is 0 Å². The van der Waals surface area contributed by atoms with E-state index in [2.05, 4.69) is 17.1 Å². The van der Waals surface area contributed by atoms with E-state index >= 15 is 0 Å². The van der Waals surface area contributed by atoms with Crippen LogP contribution in [0, 0.1) is 0 Å². The van der Waals surface area contributed by atoms with Crippen LogP contribution in [0.2, 0.25) is 0 Å². The zero-order valence-electron chi connectivity index (χ0n) is 10.1. The van der Waals surface area contributed by atoms with E-state index in [1.165, 1.54) is 12.8 Å². The predicted octanol–water partition coefficient (Wildman–Crippen LogP) is -0.158. The smallest absolute Gasteiger partial charge is 0.00985 e. The van der Waals surface area contributed by atoms with Crippen LogP contribution in [0.15, 0.2) is 0 Å². The van der Waals surface area contributed by atoms with E-state index in [1.807, 2.05) is 14.1 Å². The van der Waals surface area contributed by atoms with Crippen molar-refractivity contribution in [3.05, 3.63) is 0 Å². The quantitative estimate of drug-likeness (QED) is 0.504. The number of hydrogen-bond acceptors (Lipinski definition) is 4. The van der Waals surface area contributed by atoms with Gasteiger partial charge >= 0.3 is 0 Å². The Labute approximate surface area is 89.0 Å². The highest BCUT2D eigenvalue weighted by atomic mass is 15.1. The number of nitrogens with one attached hydrogen (secondary N) is 1. The van der Waals surface area contributed by atoms with E-state index in [1.54, 1.807) is 0 Å². The van der Waals surface area contributed by atoms with Gasteiger partial charge in [-0.1, -0.05) is 13.3 Å². The summed E-state index contributed by atoms with van der Waals surface area (Å²) < 4.78 is 0. The van der Waals surface area contributed by atoms with Gasteiger partial charge in [0.05, 0.1) is 0 Å². The summed E-state index contributed by atoms with van der Waals surface area (Å²) in [5, 5.41) is 3.21. The molecular formula is C10H28N4. The molecule has 14 heavy (non-hydrogen) atoms. The van der Waals surface area contributed by atoms with Gasteiger partial charge < -0.3 is 21.7 Å². The third-order valence-electron chi connectivity index (χ3n) is 1.60. The minimum Gasteiger partial charge on any atom is -0.329 e. The number of rotatable bonds is 7. The average molecular weight is 204 g/mol. The summed E-state index contributed by atoms with van der Waals surface area (Å²) in [5.41, 5.74) is 10.4. The third kappa shape index (κ3) is 22.6. The number of nitrogens with two attached hydrogens (primary N) is 2. The Morgan fingerprint density at radius 2 is 1.71 bits per heavy atom. The lowest BCUT2D eigenvalue weighted by molar-refractivity contribution is 0.420. The second-order valence-electron chi connectivity index (χ2n) is 3.48. The second-order valence-corrected chi connectivity index (χ2v) is 3.48. The summed E-state index contributed by atoms with van der Waals surface area (Å²) in [4.78, 5) is 2.06. The predicted molar refractivity (Wildman–Crippen MR) is 64.4 cm³/mol. The third-order valence-corrected chi connectivity index (χ3v) is 1.60. The van der Waals surface area contributed by atoms with Gasteiger partial charge in [-0.05, 0) is 27.1 Å². The van der Waals surface area contributed by atoms with E-state index in [9.17, 15) is 0 Å². The molecule has 0 rings (SSSR count). The Kier molecular flexibility index (Phi) is 17.8. The van der Waals surface area contributed by atoms with E-state index in [4.69, 9.17) is 11.5 Å². The van der Waals surface area contributed by atoms with Crippen molar-refractivity contribution >= 4 is 0 Å². The molecule has 0 aliphatic carbocycles. The fraction of sp³-hybridized carbons (Fsp3) is 1.00. The van der Waals surface area contributed by atoms with Gasteiger partial charge in [-0.25, -0.2) is 0 Å². The highest BCUT2D eigenvalue weighted by Gasteiger charge is 1.80. The van der Waals surface area contributed by atoms with Crippen molar-refractivity contribution in [1.82, 2.24) is 10.2 Å². The Balaban J connectivity index is 0. The molecule has 0 aromatic carbocycles. The Morgan fingerprint density at radius 3 is 2.00 bits per heavy atom. The van der Waals surface area contributed by atoms with Crippen molar-refractivity contribution in [2.24, 2.45) is 11.5 Å². The van der Waals surface area contributed by atoms with Crippen molar-refractivity contribution < 1.29 is 0 Å². The van der Waals surface area contributed by atoms with Crippen LogP contribution in [0.3, 0.4) is 0 Å². The summed E-state index contributed by atoms with van der Waals surface area (Å²) >= 11 is 0. The first kappa shape index (κ1) is 16.3. The van der Waals surface area contributed by atoms with Crippen molar-refractivity contribution in [1.29, 1.82) is 0 Å². The molecule has 0 aromatic rings. The molecule has 5 N–H and O–H groups in total. The summed E-state index contributed by atoms with van der Waals surface area (Å²) in [7, 11) is 4.01. The molecule has 0 radical (unpaired) electrons. The lowest BCUT2D eigenvalue weighted by Gasteiger charge is -2.03. The maximum atomic E-state index is 5.25. The molecule has 0 aliphatic heterocycles. The molecular weight excluding hydrogens is 176 g/mol. The lowest BCUT2D eigenvalue weighted by Crippen LogP contribution is -2.23. The molecule has 88 valence electrons. The van der Waals surface area contributed by atoms with Gasteiger partial charge in [0.15, 0.2) is 0 Å². The maximum Gasteiger partial charge on any atom is 0.00985 e. The zero-order valence-corrected chi connectivity index (χ0v) is 10.1. The van der Waals surface area contributed by atoms with Gasteiger partial charge in [0, 0.05) is 26.2 Å². The van der Waals surface area contributed by atoms with Gasteiger partial charge in [0.25, 0.3) is 0 Å². The molecule has 0 spiro atoms. The number of hydrogen-bond donors (Lipinski definition) is 3. The molecule has 0 bridgehead atoms. The standard InChI is InChI=1S/C6H16N2.C4H12N2/c1-2-3-5-8-6-4-7;1-6(2)4-3-5/h8H,2-7H2,1H3;3-5H2,1-2H3. The van der Waals surface area contributed by atoms with Crippen LogP contribution in [-0.4, -0.2) is 51.7 Å². The molecule has 0 saturated heterocycles. The van der Waals surface area contributed by atoms with E-state index in [0.717, 1.165) is 32.7 Å². The van der Waals surface area contributed by atoms with Crippen molar-refractivity contribution in [2.45, 2.75) is 19.8 Å². The molecule has 0 heterocycles. The SMILES string of the molecule is CCCCNCCN.CN(C)CCN. The van der Waals surface area contributed by atoms with Crippen LogP contribution in [0.5, 0.6) is 0 Å². The van der Waals surface area contributed by atoms with E-state index in [0.29, 0.717) is 0 Å². The molecule has 0 unspecified atom stereocenters. The lowest BCUT2D eigenvalue weighted by atomic mass is 10.3. The summed E-state index contributed by atoms with van der Waals surface area (Å²) in [6, 6.07) is 0. The normalized spacial score (nSPS) is 9.86. The first-order valence-electron chi connectivity index (χ1n) is 5.44. The Bertz CT molecular complexity index is 80.2. The highest BCUT2D eigenvalue weighted by Crippen LogP contribution is 1.80. The van der Waals surface area contributed by atoms with Gasteiger partial charge in [0.2, 0.25) is 0 Å². The monoisotopic (exact) mass is 204 g/mol. The summed E-state index contributed by atoms with van der Waals surface area (Å²) in [6.45, 7) is 6.76. The first-order valence-corrected chi connectivity index (χ1v) is 5.44. The van der Waals surface area contributed by atoms with Crippen LogP contribution < -0.4 is 16.8 Å². The molecule has 4 nitrogen and oxygen atoms in total. The first-order chi connectivity index (χ1) is 6.68. The number of nitrogens with zero attached hydrogens (tertiary/aromatic N) is 1. The van der Waals surface area contributed by atoms with Crippen molar-refractivity contribution in [3.8, 4) is 0 Å². The molecule has 0 aromatic heterocycles. The van der Waals surface area contributed by atoms with Gasteiger partial charge in [-0.3, -0.25) is 0 Å². The summed E-state index contributed by atoms with van der Waals surface area (Å²) in [6.07, 6.45) is 2.53. The highest BCUT2D eigenvalue weighted by molar-refractivity contribution is 4.45. The van der Waals surface area contributed by atoms with Crippen molar-refractivity contribution in [2.75, 3.05) is 46.8 Å². The van der Waals surface area contributed by atoms with Crippen LogP contribution in [0.25, 0.3) is 0 Å². The van der Waals surface area contributed by atoms with E-state index < -0.39 is 0 Å². The number of unbranched alkanes of at least 4 members (excludes halogenated alkanes) is 1. The molecule has 0 aliphatic rings. The molecule has 0 amide bonds. The fourth-order valence-electron chi connectivity index (χ4n) is 0.787. The topological polar surface area (TPSA) is 67.3 Å².